The van der Waals surface area contributed by atoms with Crippen molar-refractivity contribution in [3.05, 3.63) is 53.1 Å². The molecule has 0 atom stereocenters. The molecule has 0 spiro atoms. The summed E-state index contributed by atoms with van der Waals surface area (Å²) in [6.45, 7) is 2.70. The maximum atomic E-state index is 13.7. The van der Waals surface area contributed by atoms with E-state index in [9.17, 15) is 8.78 Å². The summed E-state index contributed by atoms with van der Waals surface area (Å²) in [7, 11) is 0. The van der Waals surface area contributed by atoms with Gasteiger partial charge in [-0.15, -0.1) is 0 Å². The van der Waals surface area contributed by atoms with E-state index >= 15 is 0 Å². The molecular formula is C15H17F2N3. The fourth-order valence-electron chi connectivity index (χ4n) is 2.25. The van der Waals surface area contributed by atoms with Gasteiger partial charge in [0, 0.05) is 24.3 Å². The van der Waals surface area contributed by atoms with Crippen molar-refractivity contribution in [1.29, 1.82) is 0 Å². The van der Waals surface area contributed by atoms with Crippen LogP contribution in [0.15, 0.2) is 24.4 Å². The van der Waals surface area contributed by atoms with Gasteiger partial charge in [0.25, 0.3) is 0 Å². The van der Waals surface area contributed by atoms with Gasteiger partial charge >= 0.3 is 0 Å². The predicted molar refractivity (Wildman–Crippen MR) is 72.3 cm³/mol. The number of nitrogens with zero attached hydrogens (tertiary/aromatic N) is 2. The van der Waals surface area contributed by atoms with Gasteiger partial charge in [-0.05, 0) is 31.9 Å². The van der Waals surface area contributed by atoms with Gasteiger partial charge in [0.1, 0.15) is 17.5 Å². The Labute approximate surface area is 116 Å². The van der Waals surface area contributed by atoms with Crippen LogP contribution in [0.5, 0.6) is 0 Å². The third kappa shape index (κ3) is 2.72. The number of nitrogens with one attached hydrogen (secondary N) is 1. The van der Waals surface area contributed by atoms with Crippen LogP contribution in [0.1, 0.15) is 29.9 Å². The van der Waals surface area contributed by atoms with Crippen LogP contribution >= 0.6 is 0 Å². The molecule has 5 heteroatoms. The average Bonchev–Trinajstić information content (AvgIpc) is 3.18. The Kier molecular flexibility index (Phi) is 3.53. The van der Waals surface area contributed by atoms with Crippen LogP contribution in [0.25, 0.3) is 0 Å². The van der Waals surface area contributed by atoms with E-state index < -0.39 is 11.6 Å². The lowest BCUT2D eigenvalue weighted by atomic mass is 10.2. The number of halogens is 2. The molecule has 20 heavy (non-hydrogen) atoms. The average molecular weight is 277 g/mol. The number of aromatic nitrogens is 2. The van der Waals surface area contributed by atoms with Crippen LogP contribution in [0.3, 0.4) is 0 Å². The summed E-state index contributed by atoms with van der Waals surface area (Å²) in [5.41, 5.74) is 1.04. The molecule has 0 aliphatic heterocycles. The summed E-state index contributed by atoms with van der Waals surface area (Å²) in [5.74, 6) is -0.265. The van der Waals surface area contributed by atoms with Gasteiger partial charge in [-0.3, -0.25) is 0 Å². The number of rotatable bonds is 5. The van der Waals surface area contributed by atoms with Gasteiger partial charge in [0.2, 0.25) is 0 Å². The number of hydrogen-bond donors (Lipinski definition) is 1. The Bertz CT molecular complexity index is 597. The van der Waals surface area contributed by atoms with E-state index in [-0.39, 0.29) is 12.1 Å². The Balaban J connectivity index is 1.83. The summed E-state index contributed by atoms with van der Waals surface area (Å²) < 4.78 is 29.3. The second-order valence-electron chi connectivity index (χ2n) is 5.24. The molecule has 0 unspecified atom stereocenters. The van der Waals surface area contributed by atoms with Crippen molar-refractivity contribution in [3.63, 3.8) is 0 Å². The fraction of sp³-hybridized carbons (Fsp3) is 0.400. The largest absolute Gasteiger partial charge is 0.326 e. The molecule has 0 radical (unpaired) electrons. The number of aryl methyl sites for hydroxylation is 1. The highest BCUT2D eigenvalue weighted by Crippen LogP contribution is 2.20. The van der Waals surface area contributed by atoms with Crippen molar-refractivity contribution in [1.82, 2.24) is 14.9 Å². The first-order chi connectivity index (χ1) is 9.65. The molecule has 0 saturated heterocycles. The topological polar surface area (TPSA) is 29.9 Å². The lowest BCUT2D eigenvalue weighted by molar-refractivity contribution is 0.534. The van der Waals surface area contributed by atoms with Crippen LogP contribution in [0.2, 0.25) is 0 Å². The van der Waals surface area contributed by atoms with E-state index in [1.807, 2.05) is 11.5 Å². The van der Waals surface area contributed by atoms with E-state index in [0.29, 0.717) is 12.6 Å². The minimum Gasteiger partial charge on any atom is -0.326 e. The maximum Gasteiger partial charge on any atom is 0.131 e. The third-order valence-corrected chi connectivity index (χ3v) is 3.66. The predicted octanol–water partition coefficient (Wildman–Crippen LogP) is 2.77. The molecule has 3 nitrogen and oxygen atoms in total. The molecule has 1 aromatic carbocycles. The van der Waals surface area contributed by atoms with E-state index in [0.717, 1.165) is 11.5 Å². The molecule has 106 valence electrons. The van der Waals surface area contributed by atoms with E-state index in [4.69, 9.17) is 0 Å². The highest BCUT2D eigenvalue weighted by molar-refractivity contribution is 5.21. The third-order valence-electron chi connectivity index (χ3n) is 3.66. The van der Waals surface area contributed by atoms with Crippen molar-refractivity contribution < 1.29 is 8.78 Å². The minimum atomic E-state index is -0.515. The van der Waals surface area contributed by atoms with E-state index in [2.05, 4.69) is 10.3 Å². The molecule has 1 saturated carbocycles. The molecule has 1 N–H and O–H groups in total. The lowest BCUT2D eigenvalue weighted by Gasteiger charge is -2.12. The van der Waals surface area contributed by atoms with Crippen LogP contribution in [-0.2, 0) is 13.1 Å². The molecule has 0 amide bonds. The Morgan fingerprint density at radius 2 is 2.00 bits per heavy atom. The zero-order chi connectivity index (χ0) is 14.1. The van der Waals surface area contributed by atoms with Gasteiger partial charge in [0.15, 0.2) is 0 Å². The van der Waals surface area contributed by atoms with Gasteiger partial charge in [0.05, 0.1) is 12.2 Å². The Hall–Kier alpha value is -1.75. The van der Waals surface area contributed by atoms with Gasteiger partial charge < -0.3 is 9.88 Å². The molecule has 2 aromatic rings. The molecule has 1 aromatic heterocycles. The van der Waals surface area contributed by atoms with Crippen LogP contribution < -0.4 is 5.32 Å². The summed E-state index contributed by atoms with van der Waals surface area (Å²) in [5, 5.41) is 3.39. The second-order valence-corrected chi connectivity index (χ2v) is 5.24. The van der Waals surface area contributed by atoms with Gasteiger partial charge in [-0.2, -0.15) is 0 Å². The van der Waals surface area contributed by atoms with Gasteiger partial charge in [-0.25, -0.2) is 13.8 Å². The smallest absolute Gasteiger partial charge is 0.131 e. The summed E-state index contributed by atoms with van der Waals surface area (Å²) >= 11 is 0. The van der Waals surface area contributed by atoms with Crippen molar-refractivity contribution in [2.45, 2.75) is 38.9 Å². The summed E-state index contributed by atoms with van der Waals surface area (Å²) in [4.78, 5) is 4.25. The normalized spacial score (nSPS) is 14.8. The van der Waals surface area contributed by atoms with Crippen LogP contribution in [0, 0.1) is 18.6 Å². The van der Waals surface area contributed by atoms with Crippen molar-refractivity contribution >= 4 is 0 Å². The summed E-state index contributed by atoms with van der Waals surface area (Å²) in [6.07, 6.45) is 4.17. The van der Waals surface area contributed by atoms with Crippen molar-refractivity contribution in [2.24, 2.45) is 0 Å². The molecule has 1 aliphatic rings. The standard InChI is InChI=1S/C15H17F2N3/c1-10-18-7-12(8-19-11-5-6-11)20(10)9-13-14(16)3-2-4-15(13)17/h2-4,7,11,19H,5-6,8-9H2,1H3. The first kappa shape index (κ1) is 13.2. The zero-order valence-corrected chi connectivity index (χ0v) is 11.4. The molecule has 1 aliphatic carbocycles. The van der Waals surface area contributed by atoms with Crippen molar-refractivity contribution in [2.75, 3.05) is 0 Å². The van der Waals surface area contributed by atoms with Crippen molar-refractivity contribution in [3.8, 4) is 0 Å². The first-order valence-electron chi connectivity index (χ1n) is 6.82. The van der Waals surface area contributed by atoms with Crippen LogP contribution in [0.4, 0.5) is 8.78 Å². The number of benzene rings is 1. The minimum absolute atomic E-state index is 0.0845. The Morgan fingerprint density at radius 1 is 1.30 bits per heavy atom. The van der Waals surface area contributed by atoms with Gasteiger partial charge in [-0.1, -0.05) is 6.07 Å². The number of imidazole rings is 1. The van der Waals surface area contributed by atoms with Crippen LogP contribution in [-0.4, -0.2) is 15.6 Å². The van der Waals surface area contributed by atoms with E-state index in [1.165, 1.54) is 31.0 Å². The maximum absolute atomic E-state index is 13.7. The fourth-order valence-corrected chi connectivity index (χ4v) is 2.25. The molecule has 1 heterocycles. The summed E-state index contributed by atoms with van der Waals surface area (Å²) in [6, 6.07) is 4.54. The number of hydrogen-bond acceptors (Lipinski definition) is 2. The highest BCUT2D eigenvalue weighted by atomic mass is 19.1. The second kappa shape index (κ2) is 5.32. The first-order valence-corrected chi connectivity index (χ1v) is 6.82. The monoisotopic (exact) mass is 277 g/mol. The molecule has 0 bridgehead atoms. The SMILES string of the molecule is Cc1ncc(CNC2CC2)n1Cc1c(F)cccc1F. The highest BCUT2D eigenvalue weighted by Gasteiger charge is 2.21. The Morgan fingerprint density at radius 3 is 2.65 bits per heavy atom. The quantitative estimate of drug-likeness (QED) is 0.910. The molecule has 1 fully saturated rings. The molecular weight excluding hydrogens is 260 g/mol. The zero-order valence-electron chi connectivity index (χ0n) is 11.4. The molecule has 3 rings (SSSR count). The lowest BCUT2D eigenvalue weighted by Crippen LogP contribution is -2.19. The van der Waals surface area contributed by atoms with E-state index in [1.54, 1.807) is 6.20 Å².